The highest BCUT2D eigenvalue weighted by Crippen LogP contribution is 2.27. The van der Waals surface area contributed by atoms with Gasteiger partial charge in [-0.05, 0) is 60.8 Å². The van der Waals surface area contributed by atoms with Crippen LogP contribution in [0.3, 0.4) is 0 Å². The number of carboxylic acids is 1. The fraction of sp³-hybridized carbons (Fsp3) is 0.467. The Balaban J connectivity index is 2.81. The lowest BCUT2D eigenvalue weighted by Crippen LogP contribution is -2.27. The van der Waals surface area contributed by atoms with Gasteiger partial charge in [0.25, 0.3) is 0 Å². The molecule has 1 amide bonds. The van der Waals surface area contributed by atoms with Crippen LogP contribution in [0.2, 0.25) is 0 Å². The molecule has 122 valence electrons. The molecule has 0 spiro atoms. The predicted octanol–water partition coefficient (Wildman–Crippen LogP) is 3.66. The van der Waals surface area contributed by atoms with Crippen molar-refractivity contribution in [2.24, 2.45) is 5.73 Å². The van der Waals surface area contributed by atoms with Gasteiger partial charge in [-0.2, -0.15) is 0 Å². The van der Waals surface area contributed by atoms with Gasteiger partial charge in [0.1, 0.15) is 5.60 Å². The normalized spacial score (nSPS) is 12.6. The second-order valence-corrected chi connectivity index (χ2v) is 6.76. The number of amides is 1. The molecule has 0 bridgehead atoms. The molecule has 22 heavy (non-hydrogen) atoms. The number of carbonyl (C=O) groups is 2. The molecule has 0 saturated carbocycles. The Bertz CT molecular complexity index is 555. The number of carbonyl (C=O) groups excluding carboxylic acids is 1. The molecule has 0 radical (unpaired) electrons. The monoisotopic (exact) mass is 372 g/mol. The van der Waals surface area contributed by atoms with Crippen molar-refractivity contribution in [1.82, 2.24) is 0 Å². The molecule has 1 aromatic rings. The minimum absolute atomic E-state index is 0.00788. The van der Waals surface area contributed by atoms with Crippen molar-refractivity contribution in [3.05, 3.63) is 28.2 Å². The number of anilines is 1. The number of hydrogen-bond donors (Lipinski definition) is 3. The lowest BCUT2D eigenvalue weighted by atomic mass is 10.0. The molecule has 7 heteroatoms. The van der Waals surface area contributed by atoms with Crippen molar-refractivity contribution in [1.29, 1.82) is 0 Å². The van der Waals surface area contributed by atoms with E-state index >= 15 is 0 Å². The Labute approximate surface area is 138 Å². The van der Waals surface area contributed by atoms with Gasteiger partial charge in [-0.1, -0.05) is 6.07 Å². The number of benzene rings is 1. The number of halogens is 1. The number of hydrogen-bond acceptors (Lipinski definition) is 4. The van der Waals surface area contributed by atoms with Gasteiger partial charge in [0.15, 0.2) is 0 Å². The summed E-state index contributed by atoms with van der Waals surface area (Å²) in [5, 5.41) is 11.3. The highest BCUT2D eigenvalue weighted by atomic mass is 79.9. The van der Waals surface area contributed by atoms with Crippen LogP contribution in [0.1, 0.15) is 45.2 Å². The van der Waals surface area contributed by atoms with E-state index in [2.05, 4.69) is 21.2 Å². The molecule has 0 heterocycles. The highest BCUT2D eigenvalue weighted by molar-refractivity contribution is 9.10. The number of rotatable bonds is 5. The van der Waals surface area contributed by atoms with Crippen molar-refractivity contribution < 1.29 is 19.4 Å². The van der Waals surface area contributed by atoms with Gasteiger partial charge in [0, 0.05) is 16.9 Å². The third-order valence-electron chi connectivity index (χ3n) is 2.72. The van der Waals surface area contributed by atoms with Crippen LogP contribution in [0.25, 0.3) is 0 Å². The van der Waals surface area contributed by atoms with E-state index in [0.717, 1.165) is 5.56 Å². The van der Waals surface area contributed by atoms with Crippen molar-refractivity contribution in [3.63, 3.8) is 0 Å². The molecule has 1 rings (SSSR count). The second kappa shape index (κ2) is 7.60. The van der Waals surface area contributed by atoms with Crippen LogP contribution in [0, 0.1) is 0 Å². The van der Waals surface area contributed by atoms with Gasteiger partial charge in [-0.3, -0.25) is 10.1 Å². The predicted molar refractivity (Wildman–Crippen MR) is 87.8 cm³/mol. The van der Waals surface area contributed by atoms with Gasteiger partial charge >= 0.3 is 12.1 Å². The molecule has 0 saturated heterocycles. The molecular formula is C15H21BrN2O4. The van der Waals surface area contributed by atoms with Gasteiger partial charge in [0.05, 0.1) is 5.69 Å². The summed E-state index contributed by atoms with van der Waals surface area (Å²) in [4.78, 5) is 22.4. The number of carboxylic acid groups (broad SMARTS) is 1. The first kappa shape index (κ1) is 18.4. The summed E-state index contributed by atoms with van der Waals surface area (Å²) in [5.74, 6) is -0.889. The van der Waals surface area contributed by atoms with E-state index in [9.17, 15) is 9.59 Å². The minimum Gasteiger partial charge on any atom is -0.481 e. The first-order valence-corrected chi connectivity index (χ1v) is 7.64. The van der Waals surface area contributed by atoms with Crippen LogP contribution in [-0.4, -0.2) is 22.8 Å². The lowest BCUT2D eigenvalue weighted by Gasteiger charge is -2.20. The van der Waals surface area contributed by atoms with Crippen molar-refractivity contribution in [3.8, 4) is 0 Å². The van der Waals surface area contributed by atoms with Gasteiger partial charge in [-0.15, -0.1) is 0 Å². The van der Waals surface area contributed by atoms with Gasteiger partial charge < -0.3 is 15.6 Å². The van der Waals surface area contributed by atoms with Gasteiger partial charge in [-0.25, -0.2) is 4.79 Å². The Hall–Kier alpha value is -1.60. The van der Waals surface area contributed by atoms with Crippen LogP contribution in [0.4, 0.5) is 10.5 Å². The summed E-state index contributed by atoms with van der Waals surface area (Å²) in [7, 11) is 0. The summed E-state index contributed by atoms with van der Waals surface area (Å²) >= 11 is 3.34. The second-order valence-electron chi connectivity index (χ2n) is 5.91. The number of nitrogens with one attached hydrogen (secondary N) is 1. The van der Waals surface area contributed by atoms with Crippen molar-refractivity contribution in [2.75, 3.05) is 5.32 Å². The zero-order valence-electron chi connectivity index (χ0n) is 12.9. The molecule has 1 aromatic carbocycles. The third kappa shape index (κ3) is 6.44. The molecule has 0 fully saturated rings. The number of nitrogens with two attached hydrogens (primary N) is 1. The van der Waals surface area contributed by atoms with E-state index < -0.39 is 23.7 Å². The number of aliphatic carboxylic acids is 1. The largest absolute Gasteiger partial charge is 0.481 e. The third-order valence-corrected chi connectivity index (χ3v) is 3.41. The maximum atomic E-state index is 11.8. The highest BCUT2D eigenvalue weighted by Gasteiger charge is 2.18. The maximum Gasteiger partial charge on any atom is 0.412 e. The molecule has 4 N–H and O–H groups in total. The zero-order chi connectivity index (χ0) is 16.9. The van der Waals surface area contributed by atoms with E-state index in [1.54, 1.807) is 39.0 Å². The Morgan fingerprint density at radius 3 is 2.59 bits per heavy atom. The van der Waals surface area contributed by atoms with Crippen LogP contribution in [0.5, 0.6) is 0 Å². The molecule has 0 aliphatic carbocycles. The van der Waals surface area contributed by atoms with E-state index in [1.807, 2.05) is 0 Å². The van der Waals surface area contributed by atoms with E-state index in [1.165, 1.54) is 0 Å². The Kier molecular flexibility index (Phi) is 6.37. The standard InChI is InChI=1S/C15H21BrN2O4/c1-15(2,3)22-14(21)18-12-8-9(4-5-10(12)16)11(17)6-7-13(19)20/h4-5,8,11H,6-7,17H2,1-3H3,(H,18,21)(H,19,20). The van der Waals surface area contributed by atoms with Crippen LogP contribution >= 0.6 is 15.9 Å². The summed E-state index contributed by atoms with van der Waals surface area (Å²) in [5.41, 5.74) is 6.65. The zero-order valence-corrected chi connectivity index (χ0v) is 14.4. The quantitative estimate of drug-likeness (QED) is 0.731. The first-order valence-electron chi connectivity index (χ1n) is 6.85. The SMILES string of the molecule is CC(C)(C)OC(=O)Nc1cc(C(N)CCC(=O)O)ccc1Br. The van der Waals surface area contributed by atoms with Crippen molar-refractivity contribution in [2.45, 2.75) is 45.3 Å². The van der Waals surface area contributed by atoms with Crippen molar-refractivity contribution >= 4 is 33.7 Å². The fourth-order valence-electron chi connectivity index (χ4n) is 1.73. The fourth-order valence-corrected chi connectivity index (χ4v) is 2.07. The van der Waals surface area contributed by atoms with Crippen LogP contribution in [-0.2, 0) is 9.53 Å². The smallest absolute Gasteiger partial charge is 0.412 e. The Morgan fingerprint density at radius 1 is 1.41 bits per heavy atom. The molecule has 1 atom stereocenters. The molecule has 6 nitrogen and oxygen atoms in total. The molecule has 0 aliphatic heterocycles. The van der Waals surface area contributed by atoms with E-state index in [0.29, 0.717) is 16.6 Å². The van der Waals surface area contributed by atoms with Gasteiger partial charge in [0.2, 0.25) is 0 Å². The van der Waals surface area contributed by atoms with Crippen LogP contribution in [0.15, 0.2) is 22.7 Å². The number of ether oxygens (including phenoxy) is 1. The van der Waals surface area contributed by atoms with Crippen LogP contribution < -0.4 is 11.1 Å². The molecular weight excluding hydrogens is 352 g/mol. The Morgan fingerprint density at radius 2 is 2.05 bits per heavy atom. The maximum absolute atomic E-state index is 11.8. The molecule has 0 aliphatic rings. The topological polar surface area (TPSA) is 102 Å². The average Bonchev–Trinajstić information content (AvgIpc) is 2.36. The summed E-state index contributed by atoms with van der Waals surface area (Å²) in [6.07, 6.45) is -0.251. The minimum atomic E-state index is -0.889. The summed E-state index contributed by atoms with van der Waals surface area (Å²) in [6.45, 7) is 5.33. The first-order chi connectivity index (χ1) is 10.1. The molecule has 1 unspecified atom stereocenters. The average molecular weight is 373 g/mol. The van der Waals surface area contributed by atoms with E-state index in [-0.39, 0.29) is 6.42 Å². The van der Waals surface area contributed by atoms with E-state index in [4.69, 9.17) is 15.6 Å². The lowest BCUT2D eigenvalue weighted by molar-refractivity contribution is -0.137. The summed E-state index contributed by atoms with van der Waals surface area (Å²) < 4.78 is 5.88. The summed E-state index contributed by atoms with van der Waals surface area (Å²) in [6, 6.07) is 4.84. The molecule has 0 aromatic heterocycles.